The normalized spacial score (nSPS) is 12.3. The smallest absolute Gasteiger partial charge is 0.200 e. The fourth-order valence-electron chi connectivity index (χ4n) is 1.15. The molecule has 0 aliphatic carbocycles. The van der Waals surface area contributed by atoms with Crippen LogP contribution in [0.4, 0.5) is 0 Å². The number of aliphatic hydroxyl groups excluding tert-OH is 1. The van der Waals surface area contributed by atoms with Crippen molar-refractivity contribution in [2.75, 3.05) is 14.2 Å². The molecule has 4 nitrogen and oxygen atoms in total. The van der Waals surface area contributed by atoms with E-state index in [1.54, 1.807) is 19.1 Å². The zero-order valence-corrected chi connectivity index (χ0v) is 8.44. The second kappa shape index (κ2) is 4.19. The molecule has 0 bridgehead atoms. The number of hydrogen-bond acceptors (Lipinski definition) is 4. The largest absolute Gasteiger partial charge is 0.502 e. The van der Waals surface area contributed by atoms with Crippen LogP contribution in [0, 0.1) is 0 Å². The molecule has 14 heavy (non-hydrogen) atoms. The lowest BCUT2D eigenvalue weighted by atomic mass is 10.1. The third-order valence-corrected chi connectivity index (χ3v) is 1.98. The van der Waals surface area contributed by atoms with Gasteiger partial charge in [-0.1, -0.05) is 0 Å². The first-order valence-corrected chi connectivity index (χ1v) is 4.23. The molecule has 78 valence electrons. The lowest BCUT2D eigenvalue weighted by molar-refractivity contribution is 0.198. The molecule has 0 unspecified atom stereocenters. The Labute approximate surface area is 82.7 Å². The molecule has 0 aliphatic rings. The quantitative estimate of drug-likeness (QED) is 0.772. The van der Waals surface area contributed by atoms with Gasteiger partial charge in [0, 0.05) is 0 Å². The van der Waals surface area contributed by atoms with E-state index in [1.165, 1.54) is 14.2 Å². The van der Waals surface area contributed by atoms with Crippen molar-refractivity contribution in [2.24, 2.45) is 0 Å². The summed E-state index contributed by atoms with van der Waals surface area (Å²) in [6, 6.07) is 3.14. The highest BCUT2D eigenvalue weighted by Gasteiger charge is 2.13. The van der Waals surface area contributed by atoms with E-state index in [0.29, 0.717) is 17.1 Å². The SMILES string of the molecule is COc1cc([C@H](C)O)cc(OC)c1O. The zero-order chi connectivity index (χ0) is 10.7. The first kappa shape index (κ1) is 10.7. The molecular formula is C10H14O4. The lowest BCUT2D eigenvalue weighted by Gasteiger charge is -2.12. The molecule has 0 aromatic heterocycles. The Balaban J connectivity index is 3.25. The van der Waals surface area contributed by atoms with Crippen LogP contribution in [0.15, 0.2) is 12.1 Å². The van der Waals surface area contributed by atoms with Gasteiger partial charge in [-0.15, -0.1) is 0 Å². The van der Waals surface area contributed by atoms with Crippen molar-refractivity contribution in [1.29, 1.82) is 0 Å². The Morgan fingerprint density at radius 1 is 1.14 bits per heavy atom. The van der Waals surface area contributed by atoms with Crippen LogP contribution < -0.4 is 9.47 Å². The van der Waals surface area contributed by atoms with E-state index in [9.17, 15) is 10.2 Å². The van der Waals surface area contributed by atoms with Crippen LogP contribution in [-0.2, 0) is 0 Å². The molecule has 0 spiro atoms. The van der Waals surface area contributed by atoms with Gasteiger partial charge in [-0.3, -0.25) is 0 Å². The van der Waals surface area contributed by atoms with Crippen LogP contribution in [0.5, 0.6) is 17.2 Å². The summed E-state index contributed by atoms with van der Waals surface area (Å²) in [4.78, 5) is 0. The second-order valence-corrected chi connectivity index (χ2v) is 2.95. The molecule has 1 aromatic rings. The molecular weight excluding hydrogens is 184 g/mol. The van der Waals surface area contributed by atoms with Crippen LogP contribution in [0.1, 0.15) is 18.6 Å². The summed E-state index contributed by atoms with van der Waals surface area (Å²) in [5.74, 6) is 0.528. The maximum Gasteiger partial charge on any atom is 0.200 e. The standard InChI is InChI=1S/C10H14O4/c1-6(11)7-4-8(13-2)10(12)9(5-7)14-3/h4-6,11-12H,1-3H3/t6-/m0/s1. The Kier molecular flexibility index (Phi) is 3.19. The van der Waals surface area contributed by atoms with E-state index < -0.39 is 6.10 Å². The van der Waals surface area contributed by atoms with Crippen LogP contribution in [-0.4, -0.2) is 24.4 Å². The van der Waals surface area contributed by atoms with Crippen LogP contribution in [0.3, 0.4) is 0 Å². The monoisotopic (exact) mass is 198 g/mol. The van der Waals surface area contributed by atoms with Crippen molar-refractivity contribution in [3.8, 4) is 17.2 Å². The topological polar surface area (TPSA) is 58.9 Å². The molecule has 0 saturated carbocycles. The Hall–Kier alpha value is -1.42. The summed E-state index contributed by atoms with van der Waals surface area (Å²) in [6.45, 7) is 1.63. The summed E-state index contributed by atoms with van der Waals surface area (Å²) in [7, 11) is 2.89. The highest BCUT2D eigenvalue weighted by Crippen LogP contribution is 2.38. The average molecular weight is 198 g/mol. The fourth-order valence-corrected chi connectivity index (χ4v) is 1.15. The second-order valence-electron chi connectivity index (χ2n) is 2.95. The van der Waals surface area contributed by atoms with Crippen molar-refractivity contribution in [3.05, 3.63) is 17.7 Å². The zero-order valence-electron chi connectivity index (χ0n) is 8.44. The summed E-state index contributed by atoms with van der Waals surface area (Å²) < 4.78 is 9.87. The molecule has 4 heteroatoms. The molecule has 2 N–H and O–H groups in total. The predicted molar refractivity (Wildman–Crippen MR) is 51.8 cm³/mol. The van der Waals surface area contributed by atoms with Crippen LogP contribution in [0.25, 0.3) is 0 Å². The number of phenolic OH excluding ortho intramolecular Hbond substituents is 1. The van der Waals surface area contributed by atoms with Gasteiger partial charge >= 0.3 is 0 Å². The van der Waals surface area contributed by atoms with Crippen molar-refractivity contribution in [2.45, 2.75) is 13.0 Å². The Morgan fingerprint density at radius 2 is 1.57 bits per heavy atom. The molecule has 0 radical (unpaired) electrons. The third kappa shape index (κ3) is 1.90. The maximum atomic E-state index is 9.56. The van der Waals surface area contributed by atoms with E-state index in [1.807, 2.05) is 0 Å². The summed E-state index contributed by atoms with van der Waals surface area (Å²) in [5.41, 5.74) is 0.636. The van der Waals surface area contributed by atoms with Crippen molar-refractivity contribution in [1.82, 2.24) is 0 Å². The molecule has 0 saturated heterocycles. The van der Waals surface area contributed by atoms with Gasteiger partial charge in [0.05, 0.1) is 20.3 Å². The van der Waals surface area contributed by atoms with Crippen molar-refractivity contribution >= 4 is 0 Å². The number of aliphatic hydroxyl groups is 1. The number of methoxy groups -OCH3 is 2. The van der Waals surface area contributed by atoms with E-state index in [4.69, 9.17) is 9.47 Å². The van der Waals surface area contributed by atoms with E-state index in [0.717, 1.165) is 0 Å². The molecule has 1 atom stereocenters. The highest BCUT2D eigenvalue weighted by atomic mass is 16.5. The van der Waals surface area contributed by atoms with Crippen molar-refractivity contribution in [3.63, 3.8) is 0 Å². The van der Waals surface area contributed by atoms with Gasteiger partial charge in [0.15, 0.2) is 11.5 Å². The van der Waals surface area contributed by atoms with E-state index in [-0.39, 0.29) is 5.75 Å². The molecule has 0 heterocycles. The number of rotatable bonds is 3. The molecule has 0 aliphatic heterocycles. The average Bonchev–Trinajstić information content (AvgIpc) is 2.17. The van der Waals surface area contributed by atoms with E-state index in [2.05, 4.69) is 0 Å². The first-order valence-electron chi connectivity index (χ1n) is 4.23. The van der Waals surface area contributed by atoms with E-state index >= 15 is 0 Å². The first-order chi connectivity index (χ1) is 6.60. The number of ether oxygens (including phenoxy) is 2. The number of phenols is 1. The Bertz CT molecular complexity index is 295. The van der Waals surface area contributed by atoms with Crippen molar-refractivity contribution < 1.29 is 19.7 Å². The fraction of sp³-hybridized carbons (Fsp3) is 0.400. The maximum absolute atomic E-state index is 9.56. The lowest BCUT2D eigenvalue weighted by Crippen LogP contribution is -1.95. The van der Waals surface area contributed by atoms with Gasteiger partial charge in [0.25, 0.3) is 0 Å². The molecule has 0 amide bonds. The van der Waals surface area contributed by atoms with Gasteiger partial charge in [0.2, 0.25) is 5.75 Å². The van der Waals surface area contributed by atoms with Gasteiger partial charge in [-0.25, -0.2) is 0 Å². The molecule has 0 fully saturated rings. The summed E-state index contributed by atoms with van der Waals surface area (Å²) in [5, 5.41) is 18.9. The van der Waals surface area contributed by atoms with Crippen LogP contribution in [0.2, 0.25) is 0 Å². The predicted octanol–water partition coefficient (Wildman–Crippen LogP) is 1.46. The number of hydrogen-bond donors (Lipinski definition) is 2. The van der Waals surface area contributed by atoms with Gasteiger partial charge in [0.1, 0.15) is 0 Å². The minimum Gasteiger partial charge on any atom is -0.502 e. The number of benzene rings is 1. The summed E-state index contributed by atoms with van der Waals surface area (Å²) in [6.07, 6.45) is -0.626. The van der Waals surface area contributed by atoms with Gasteiger partial charge in [-0.05, 0) is 24.6 Å². The van der Waals surface area contributed by atoms with Gasteiger partial charge in [-0.2, -0.15) is 0 Å². The van der Waals surface area contributed by atoms with Gasteiger partial charge < -0.3 is 19.7 Å². The van der Waals surface area contributed by atoms with Crippen LogP contribution >= 0.6 is 0 Å². The molecule has 1 rings (SSSR count). The minimum absolute atomic E-state index is 0.0561. The number of aromatic hydroxyl groups is 1. The minimum atomic E-state index is -0.626. The molecule has 1 aromatic carbocycles. The highest BCUT2D eigenvalue weighted by molar-refractivity contribution is 5.53. The Morgan fingerprint density at radius 3 is 1.86 bits per heavy atom. The summed E-state index contributed by atoms with van der Waals surface area (Å²) >= 11 is 0. The third-order valence-electron chi connectivity index (χ3n) is 1.98.